The van der Waals surface area contributed by atoms with Crippen molar-refractivity contribution in [3.63, 3.8) is 0 Å². The summed E-state index contributed by atoms with van der Waals surface area (Å²) in [6.45, 7) is 4.75. The topological polar surface area (TPSA) is 82.7 Å². The summed E-state index contributed by atoms with van der Waals surface area (Å²) in [4.78, 5) is 21.0. The van der Waals surface area contributed by atoms with Gasteiger partial charge in [-0.25, -0.2) is 0 Å². The van der Waals surface area contributed by atoms with E-state index in [-0.39, 0.29) is 5.91 Å². The molecule has 0 radical (unpaired) electrons. The van der Waals surface area contributed by atoms with Gasteiger partial charge in [-0.2, -0.15) is 4.98 Å². The summed E-state index contributed by atoms with van der Waals surface area (Å²) < 4.78 is 5.29. The zero-order valence-electron chi connectivity index (χ0n) is 12.3. The molecule has 8 heteroatoms. The second-order valence-electron chi connectivity index (χ2n) is 5.27. The quantitative estimate of drug-likeness (QED) is 0.897. The zero-order valence-corrected chi connectivity index (χ0v) is 13.1. The third-order valence-corrected chi connectivity index (χ3v) is 4.48. The Morgan fingerprint density at radius 1 is 1.45 bits per heavy atom. The van der Waals surface area contributed by atoms with E-state index in [4.69, 9.17) is 4.52 Å². The maximum Gasteiger partial charge on any atom is 0.251 e. The van der Waals surface area contributed by atoms with Crippen molar-refractivity contribution in [1.82, 2.24) is 19.9 Å². The van der Waals surface area contributed by atoms with Crippen molar-refractivity contribution >= 4 is 17.2 Å². The average Bonchev–Trinajstić information content (AvgIpc) is 3.18. The molecule has 0 saturated carbocycles. The molecule has 22 heavy (non-hydrogen) atoms. The van der Waals surface area contributed by atoms with Crippen LogP contribution in [-0.2, 0) is 11.3 Å². The van der Waals surface area contributed by atoms with Crippen LogP contribution >= 0.6 is 11.3 Å². The SMILES string of the molecule is CC(O)C(=O)N1CCN(Cc2nc(-c3cccs3)no2)CC1. The van der Waals surface area contributed by atoms with Gasteiger partial charge in [0.25, 0.3) is 5.91 Å². The van der Waals surface area contributed by atoms with E-state index in [0.29, 0.717) is 31.3 Å². The first-order valence-electron chi connectivity index (χ1n) is 7.19. The Balaban J connectivity index is 1.54. The fourth-order valence-electron chi connectivity index (χ4n) is 2.41. The number of aromatic nitrogens is 2. The van der Waals surface area contributed by atoms with Crippen LogP contribution in [0.4, 0.5) is 0 Å². The van der Waals surface area contributed by atoms with Gasteiger partial charge in [-0.05, 0) is 18.4 Å². The number of nitrogens with zero attached hydrogens (tertiary/aromatic N) is 4. The number of thiophene rings is 1. The smallest absolute Gasteiger partial charge is 0.251 e. The highest BCUT2D eigenvalue weighted by Gasteiger charge is 2.24. The van der Waals surface area contributed by atoms with Gasteiger partial charge in [0.05, 0.1) is 11.4 Å². The van der Waals surface area contributed by atoms with Crippen LogP contribution in [0.5, 0.6) is 0 Å². The lowest BCUT2D eigenvalue weighted by Gasteiger charge is -2.34. The molecule has 0 spiro atoms. The van der Waals surface area contributed by atoms with E-state index in [0.717, 1.165) is 18.0 Å². The Morgan fingerprint density at radius 3 is 2.86 bits per heavy atom. The maximum absolute atomic E-state index is 11.7. The Hall–Kier alpha value is -1.77. The largest absolute Gasteiger partial charge is 0.384 e. The van der Waals surface area contributed by atoms with Crippen molar-refractivity contribution in [3.05, 3.63) is 23.4 Å². The normalized spacial score (nSPS) is 17.6. The second kappa shape index (κ2) is 6.55. The van der Waals surface area contributed by atoms with Crippen LogP contribution in [0.25, 0.3) is 10.7 Å². The molecule has 3 heterocycles. The third-order valence-electron chi connectivity index (χ3n) is 3.61. The van der Waals surface area contributed by atoms with Gasteiger partial charge in [0.1, 0.15) is 6.10 Å². The number of hydrogen-bond donors (Lipinski definition) is 1. The molecular weight excluding hydrogens is 304 g/mol. The molecule has 1 fully saturated rings. The van der Waals surface area contributed by atoms with E-state index in [1.807, 2.05) is 17.5 Å². The molecule has 2 aromatic rings. The molecule has 0 aromatic carbocycles. The van der Waals surface area contributed by atoms with Crippen molar-refractivity contribution in [3.8, 4) is 10.7 Å². The molecule has 1 unspecified atom stereocenters. The van der Waals surface area contributed by atoms with Crippen LogP contribution in [-0.4, -0.2) is 63.2 Å². The van der Waals surface area contributed by atoms with Crippen molar-refractivity contribution in [2.75, 3.05) is 26.2 Å². The molecule has 1 N–H and O–H groups in total. The molecule has 1 saturated heterocycles. The van der Waals surface area contributed by atoms with Crippen LogP contribution in [0.2, 0.25) is 0 Å². The number of carbonyl (C=O) groups is 1. The molecule has 1 aliphatic rings. The number of aliphatic hydroxyl groups excluding tert-OH is 1. The van der Waals surface area contributed by atoms with Crippen LogP contribution in [0.15, 0.2) is 22.0 Å². The highest BCUT2D eigenvalue weighted by Crippen LogP contribution is 2.21. The number of amides is 1. The Labute approximate surface area is 132 Å². The van der Waals surface area contributed by atoms with Gasteiger partial charge in [0.2, 0.25) is 11.7 Å². The molecule has 1 amide bonds. The van der Waals surface area contributed by atoms with Gasteiger partial charge in [0.15, 0.2) is 0 Å². The summed E-state index contributed by atoms with van der Waals surface area (Å²) in [5.41, 5.74) is 0. The number of piperazine rings is 1. The van der Waals surface area contributed by atoms with Gasteiger partial charge >= 0.3 is 0 Å². The molecule has 0 bridgehead atoms. The lowest BCUT2D eigenvalue weighted by Crippen LogP contribution is -2.50. The molecule has 2 aromatic heterocycles. The predicted molar refractivity (Wildman–Crippen MR) is 81.1 cm³/mol. The van der Waals surface area contributed by atoms with Gasteiger partial charge in [-0.1, -0.05) is 11.2 Å². The Morgan fingerprint density at radius 2 is 2.23 bits per heavy atom. The first-order chi connectivity index (χ1) is 10.6. The molecule has 3 rings (SSSR count). The van der Waals surface area contributed by atoms with Gasteiger partial charge in [-0.15, -0.1) is 11.3 Å². The minimum Gasteiger partial charge on any atom is -0.384 e. The summed E-state index contributed by atoms with van der Waals surface area (Å²) in [6, 6.07) is 3.91. The van der Waals surface area contributed by atoms with E-state index in [1.165, 1.54) is 6.92 Å². The van der Waals surface area contributed by atoms with Crippen LogP contribution < -0.4 is 0 Å². The zero-order chi connectivity index (χ0) is 15.5. The van der Waals surface area contributed by atoms with E-state index in [2.05, 4.69) is 15.0 Å². The third kappa shape index (κ3) is 3.34. The van der Waals surface area contributed by atoms with Crippen molar-refractivity contribution in [1.29, 1.82) is 0 Å². The monoisotopic (exact) mass is 322 g/mol. The van der Waals surface area contributed by atoms with Crippen molar-refractivity contribution < 1.29 is 14.4 Å². The van der Waals surface area contributed by atoms with Crippen molar-refractivity contribution in [2.24, 2.45) is 0 Å². The summed E-state index contributed by atoms with van der Waals surface area (Å²) in [5.74, 6) is 0.990. The highest BCUT2D eigenvalue weighted by molar-refractivity contribution is 7.13. The van der Waals surface area contributed by atoms with Gasteiger partial charge < -0.3 is 14.5 Å². The molecular formula is C14H18N4O3S. The summed E-state index contributed by atoms with van der Waals surface area (Å²) >= 11 is 1.58. The van der Waals surface area contributed by atoms with Gasteiger partial charge in [0, 0.05) is 26.2 Å². The van der Waals surface area contributed by atoms with Gasteiger partial charge in [-0.3, -0.25) is 9.69 Å². The van der Waals surface area contributed by atoms with Crippen molar-refractivity contribution in [2.45, 2.75) is 19.6 Å². The highest BCUT2D eigenvalue weighted by atomic mass is 32.1. The predicted octanol–water partition coefficient (Wildman–Crippen LogP) is 0.823. The number of carbonyl (C=O) groups excluding carboxylic acids is 1. The number of rotatable bonds is 4. The lowest BCUT2D eigenvalue weighted by molar-refractivity contribution is -0.141. The van der Waals surface area contributed by atoms with E-state index in [1.54, 1.807) is 16.2 Å². The van der Waals surface area contributed by atoms with E-state index >= 15 is 0 Å². The van der Waals surface area contributed by atoms with E-state index < -0.39 is 6.10 Å². The molecule has 0 aliphatic carbocycles. The van der Waals surface area contributed by atoms with Crippen LogP contribution in [0.3, 0.4) is 0 Å². The second-order valence-corrected chi connectivity index (χ2v) is 6.21. The minimum absolute atomic E-state index is 0.211. The maximum atomic E-state index is 11.7. The minimum atomic E-state index is -0.934. The fraction of sp³-hybridized carbons (Fsp3) is 0.500. The molecule has 1 aliphatic heterocycles. The lowest BCUT2D eigenvalue weighted by atomic mass is 10.2. The Kier molecular flexibility index (Phi) is 4.51. The Bertz CT molecular complexity index is 618. The van der Waals surface area contributed by atoms with E-state index in [9.17, 15) is 9.90 Å². The van der Waals surface area contributed by atoms with Crippen LogP contribution in [0.1, 0.15) is 12.8 Å². The fourth-order valence-corrected chi connectivity index (χ4v) is 3.06. The number of aliphatic hydroxyl groups is 1. The summed E-state index contributed by atoms with van der Waals surface area (Å²) in [5, 5.41) is 15.3. The first kappa shape index (κ1) is 15.1. The average molecular weight is 322 g/mol. The summed E-state index contributed by atoms with van der Waals surface area (Å²) in [7, 11) is 0. The molecule has 118 valence electrons. The molecule has 1 atom stereocenters. The first-order valence-corrected chi connectivity index (χ1v) is 8.07. The summed E-state index contributed by atoms with van der Waals surface area (Å²) in [6.07, 6.45) is -0.934. The standard InChI is InChI=1S/C14H18N4O3S/c1-10(19)14(20)18-6-4-17(5-7-18)9-12-15-13(16-21-12)11-3-2-8-22-11/h2-3,8,10,19H,4-7,9H2,1H3. The number of hydrogen-bond acceptors (Lipinski definition) is 7. The molecule has 7 nitrogen and oxygen atoms in total. The van der Waals surface area contributed by atoms with Crippen LogP contribution in [0, 0.1) is 0 Å².